The molecule has 1 atom stereocenters. The van der Waals surface area contributed by atoms with Crippen molar-refractivity contribution in [2.45, 2.75) is 13.5 Å². The monoisotopic (exact) mass is 295 g/mol. The first-order chi connectivity index (χ1) is 6.59. The highest BCUT2D eigenvalue weighted by molar-refractivity contribution is 9.11. The van der Waals surface area contributed by atoms with Crippen LogP contribution in [0.2, 0.25) is 0 Å². The second-order valence-electron chi connectivity index (χ2n) is 3.12. The van der Waals surface area contributed by atoms with Crippen molar-refractivity contribution in [3.8, 4) is 0 Å². The van der Waals surface area contributed by atoms with Crippen LogP contribution in [0.15, 0.2) is 9.85 Å². The molecule has 1 N–H and O–H groups in total. The quantitative estimate of drug-likeness (QED) is 0.845. The second kappa shape index (κ2) is 6.00. The van der Waals surface area contributed by atoms with Crippen LogP contribution in [0.3, 0.4) is 0 Å². The molecule has 0 aliphatic carbocycles. The van der Waals surface area contributed by atoms with Gasteiger partial charge in [-0.1, -0.05) is 0 Å². The Balaban J connectivity index is 2.28. The Hall–Kier alpha value is 0.290. The first-order valence-electron chi connectivity index (χ1n) is 4.35. The first-order valence-corrected chi connectivity index (χ1v) is 7.69. The molecule has 1 rings (SSSR count). The predicted molar refractivity (Wildman–Crippen MR) is 67.4 cm³/mol. The summed E-state index contributed by atoms with van der Waals surface area (Å²) in [6.45, 7) is 3.77. The summed E-state index contributed by atoms with van der Waals surface area (Å²) in [5.41, 5.74) is 1.28. The predicted octanol–water partition coefficient (Wildman–Crippen LogP) is 2.29. The van der Waals surface area contributed by atoms with Gasteiger partial charge in [0.2, 0.25) is 0 Å². The summed E-state index contributed by atoms with van der Waals surface area (Å²) in [6, 6.07) is 2.17. The summed E-state index contributed by atoms with van der Waals surface area (Å²) in [5.74, 6) is 0.728. The highest BCUT2D eigenvalue weighted by Crippen LogP contribution is 2.26. The van der Waals surface area contributed by atoms with Crippen LogP contribution < -0.4 is 5.32 Å². The number of thiophene rings is 1. The lowest BCUT2D eigenvalue weighted by atomic mass is 10.3. The van der Waals surface area contributed by atoms with Gasteiger partial charge in [0.25, 0.3) is 0 Å². The van der Waals surface area contributed by atoms with Gasteiger partial charge < -0.3 is 5.32 Å². The molecule has 1 aromatic heterocycles. The van der Waals surface area contributed by atoms with Crippen molar-refractivity contribution in [3.63, 3.8) is 0 Å². The minimum atomic E-state index is -0.691. The molecule has 0 bridgehead atoms. The fourth-order valence-corrected chi connectivity index (χ4v) is 3.07. The van der Waals surface area contributed by atoms with Gasteiger partial charge in [-0.15, -0.1) is 11.3 Å². The van der Waals surface area contributed by atoms with Crippen molar-refractivity contribution >= 4 is 38.1 Å². The maximum Gasteiger partial charge on any atom is 0.0730 e. The molecule has 0 spiro atoms. The topological polar surface area (TPSA) is 29.1 Å². The Bertz CT molecular complexity index is 305. The maximum absolute atomic E-state index is 10.8. The van der Waals surface area contributed by atoms with Crippen molar-refractivity contribution in [2.75, 3.05) is 18.6 Å². The lowest BCUT2D eigenvalue weighted by Crippen LogP contribution is -2.18. The van der Waals surface area contributed by atoms with E-state index in [4.69, 9.17) is 0 Å². The molecule has 1 aromatic rings. The zero-order valence-corrected chi connectivity index (χ0v) is 11.5. The largest absolute Gasteiger partial charge is 0.311 e. The van der Waals surface area contributed by atoms with Crippen molar-refractivity contribution in [2.24, 2.45) is 0 Å². The lowest BCUT2D eigenvalue weighted by Gasteiger charge is -2.00. The Morgan fingerprint density at radius 3 is 2.86 bits per heavy atom. The van der Waals surface area contributed by atoms with Gasteiger partial charge in [0.1, 0.15) is 0 Å². The van der Waals surface area contributed by atoms with E-state index in [0.717, 1.165) is 18.8 Å². The van der Waals surface area contributed by atoms with E-state index in [1.165, 1.54) is 14.2 Å². The lowest BCUT2D eigenvalue weighted by molar-refractivity contribution is 0.678. The van der Waals surface area contributed by atoms with Crippen molar-refractivity contribution in [1.82, 2.24) is 5.32 Å². The highest BCUT2D eigenvalue weighted by Gasteiger charge is 2.01. The van der Waals surface area contributed by atoms with Gasteiger partial charge in [-0.2, -0.15) is 0 Å². The van der Waals surface area contributed by atoms with Crippen LogP contribution in [-0.4, -0.2) is 22.8 Å². The molecular weight excluding hydrogens is 282 g/mol. The Kier molecular flexibility index (Phi) is 5.30. The molecule has 0 saturated carbocycles. The van der Waals surface area contributed by atoms with Crippen LogP contribution >= 0.6 is 27.3 Å². The van der Waals surface area contributed by atoms with Gasteiger partial charge in [-0.3, -0.25) is 4.21 Å². The van der Waals surface area contributed by atoms with E-state index in [2.05, 4.69) is 34.2 Å². The normalized spacial score (nSPS) is 13.1. The van der Waals surface area contributed by atoms with Gasteiger partial charge in [0, 0.05) is 40.8 Å². The van der Waals surface area contributed by atoms with Gasteiger partial charge in [-0.05, 0) is 34.5 Å². The minimum absolute atomic E-state index is 0.691. The summed E-state index contributed by atoms with van der Waals surface area (Å²) in [4.78, 5) is 1.32. The van der Waals surface area contributed by atoms with E-state index in [1.807, 2.05) is 0 Å². The van der Waals surface area contributed by atoms with E-state index in [-0.39, 0.29) is 0 Å². The number of nitrogens with one attached hydrogen (secondary N) is 1. The number of rotatable bonds is 5. The summed E-state index contributed by atoms with van der Waals surface area (Å²) in [7, 11) is -0.691. The molecule has 0 fully saturated rings. The van der Waals surface area contributed by atoms with Gasteiger partial charge in [0.15, 0.2) is 0 Å². The van der Waals surface area contributed by atoms with Crippen LogP contribution in [0.1, 0.15) is 10.4 Å². The summed E-state index contributed by atoms with van der Waals surface area (Å²) in [5, 5.41) is 3.27. The third kappa shape index (κ3) is 4.21. The molecule has 0 radical (unpaired) electrons. The molecular formula is C9H14BrNOS2. The number of hydrogen-bond donors (Lipinski definition) is 1. The number of aryl methyl sites for hydroxylation is 1. The number of halogens is 1. The minimum Gasteiger partial charge on any atom is -0.311 e. The molecule has 0 aliphatic heterocycles. The molecule has 14 heavy (non-hydrogen) atoms. The van der Waals surface area contributed by atoms with E-state index in [0.29, 0.717) is 0 Å². The van der Waals surface area contributed by atoms with Crippen LogP contribution in [0, 0.1) is 6.92 Å². The molecule has 1 unspecified atom stereocenters. The average molecular weight is 296 g/mol. The highest BCUT2D eigenvalue weighted by atomic mass is 79.9. The van der Waals surface area contributed by atoms with Crippen LogP contribution in [0.25, 0.3) is 0 Å². The van der Waals surface area contributed by atoms with E-state index in [1.54, 1.807) is 17.6 Å². The van der Waals surface area contributed by atoms with Crippen LogP contribution in [0.5, 0.6) is 0 Å². The Morgan fingerprint density at radius 2 is 2.36 bits per heavy atom. The average Bonchev–Trinajstić information content (AvgIpc) is 2.40. The van der Waals surface area contributed by atoms with Gasteiger partial charge in [0.05, 0.1) is 3.79 Å². The zero-order valence-electron chi connectivity index (χ0n) is 8.30. The third-order valence-corrected chi connectivity index (χ3v) is 4.69. The zero-order chi connectivity index (χ0) is 10.6. The van der Waals surface area contributed by atoms with E-state index in [9.17, 15) is 4.21 Å². The fourth-order valence-electron chi connectivity index (χ4n) is 1.04. The molecule has 0 aliphatic rings. The Morgan fingerprint density at radius 1 is 1.64 bits per heavy atom. The van der Waals surface area contributed by atoms with Crippen molar-refractivity contribution in [1.29, 1.82) is 0 Å². The molecule has 0 saturated heterocycles. The molecule has 1 heterocycles. The van der Waals surface area contributed by atoms with Crippen molar-refractivity contribution < 1.29 is 4.21 Å². The molecule has 0 aromatic carbocycles. The van der Waals surface area contributed by atoms with Crippen molar-refractivity contribution in [3.05, 3.63) is 20.3 Å². The standard InChI is InChI=1S/C9H14BrNOS2/c1-7-5-8(13-9(7)10)6-11-3-4-14(2)12/h5,11H,3-4,6H2,1-2H3. The molecule has 5 heteroatoms. The van der Waals surface area contributed by atoms with Crippen LogP contribution in [0.4, 0.5) is 0 Å². The second-order valence-corrected chi connectivity index (χ2v) is 7.13. The fraction of sp³-hybridized carbons (Fsp3) is 0.556. The summed E-state index contributed by atoms with van der Waals surface area (Å²) >= 11 is 5.24. The maximum atomic E-state index is 10.8. The van der Waals surface area contributed by atoms with E-state index >= 15 is 0 Å². The molecule has 2 nitrogen and oxygen atoms in total. The van der Waals surface area contributed by atoms with Gasteiger partial charge in [-0.25, -0.2) is 0 Å². The first kappa shape index (κ1) is 12.4. The van der Waals surface area contributed by atoms with E-state index < -0.39 is 10.8 Å². The van der Waals surface area contributed by atoms with Gasteiger partial charge >= 0.3 is 0 Å². The Labute approximate surface area is 99.7 Å². The number of hydrogen-bond acceptors (Lipinski definition) is 3. The smallest absolute Gasteiger partial charge is 0.0730 e. The van der Waals surface area contributed by atoms with Crippen LogP contribution in [-0.2, 0) is 17.3 Å². The third-order valence-electron chi connectivity index (χ3n) is 1.77. The molecule has 0 amide bonds. The molecule has 80 valence electrons. The summed E-state index contributed by atoms with van der Waals surface area (Å²) in [6.07, 6.45) is 1.73. The summed E-state index contributed by atoms with van der Waals surface area (Å²) < 4.78 is 12.0. The SMILES string of the molecule is Cc1cc(CNCCS(C)=O)sc1Br.